The second-order valence-electron chi connectivity index (χ2n) is 6.25. The van der Waals surface area contributed by atoms with Gasteiger partial charge in [-0.15, -0.1) is 0 Å². The zero-order valence-electron chi connectivity index (χ0n) is 15.1. The van der Waals surface area contributed by atoms with Gasteiger partial charge in [-0.2, -0.15) is 0 Å². The third-order valence-electron chi connectivity index (χ3n) is 4.34. The summed E-state index contributed by atoms with van der Waals surface area (Å²) in [7, 11) is 4.32. The predicted molar refractivity (Wildman–Crippen MR) is 111 cm³/mol. The minimum Gasteiger partial charge on any atom is -0.387 e. The molecule has 0 aliphatic carbocycles. The molecule has 0 bridgehead atoms. The SMILES string of the molecule is NOCCCCNc1ncnc2c1ncn2C1OC(COP(P)P)C(O)C1O. The maximum absolute atomic E-state index is 10.5. The Morgan fingerprint density at radius 2 is 2.07 bits per heavy atom. The molecule has 0 amide bonds. The van der Waals surface area contributed by atoms with Crippen LogP contribution in [0.2, 0.25) is 0 Å². The molecule has 0 spiro atoms. The van der Waals surface area contributed by atoms with Gasteiger partial charge in [-0.05, 0) is 12.8 Å². The Labute approximate surface area is 167 Å². The number of fused-ring (bicyclic) bond motifs is 1. The summed E-state index contributed by atoms with van der Waals surface area (Å²) < 4.78 is 12.9. The summed E-state index contributed by atoms with van der Waals surface area (Å²) in [6, 6.07) is 0. The van der Waals surface area contributed by atoms with Crippen LogP contribution in [0.25, 0.3) is 11.2 Å². The molecule has 0 saturated carbocycles. The molecule has 0 radical (unpaired) electrons. The molecule has 3 rings (SSSR count). The Bertz CT molecular complexity index is 768. The highest BCUT2D eigenvalue weighted by atomic mass is 32.4. The number of nitrogens with one attached hydrogen (secondary N) is 1. The van der Waals surface area contributed by atoms with Crippen molar-refractivity contribution < 1.29 is 24.3 Å². The topological polar surface area (TPSA) is 150 Å². The molecule has 1 aliphatic rings. The van der Waals surface area contributed by atoms with Gasteiger partial charge in [0.1, 0.15) is 24.6 Å². The standard InChI is InChI=1S/C14H25N6O5P3/c15-23-4-2-1-3-16-12-9-13(18-6-17-12)20(7-19-9)14-11(22)10(21)8(25-14)5-24-28(26)27/h6-8,10-11,14,21-22H,1-5,15,26-27H2,(H,16,17,18). The molecule has 5 N–H and O–H groups in total. The molecule has 156 valence electrons. The highest BCUT2D eigenvalue weighted by Gasteiger charge is 2.44. The highest BCUT2D eigenvalue weighted by Crippen LogP contribution is 2.54. The number of rotatable bonds is 10. The van der Waals surface area contributed by atoms with Crippen LogP contribution in [0.15, 0.2) is 12.7 Å². The number of ether oxygens (including phenoxy) is 1. The van der Waals surface area contributed by atoms with E-state index < -0.39 is 32.1 Å². The Hall–Kier alpha value is -0.600. The average Bonchev–Trinajstić information content (AvgIpc) is 3.22. The normalized spacial score (nSPS) is 25.1. The number of anilines is 1. The fourth-order valence-corrected chi connectivity index (χ4v) is 3.78. The van der Waals surface area contributed by atoms with Crippen molar-refractivity contribution in [3.63, 3.8) is 0 Å². The van der Waals surface area contributed by atoms with Crippen molar-refractivity contribution in [1.82, 2.24) is 19.5 Å². The van der Waals surface area contributed by atoms with Gasteiger partial charge in [0, 0.05) is 6.54 Å². The number of nitrogens with two attached hydrogens (primary N) is 1. The van der Waals surface area contributed by atoms with Crippen molar-refractivity contribution in [2.24, 2.45) is 5.90 Å². The zero-order chi connectivity index (χ0) is 20.1. The zero-order valence-corrected chi connectivity index (χ0v) is 18.3. The van der Waals surface area contributed by atoms with Crippen molar-refractivity contribution in [2.75, 3.05) is 25.1 Å². The summed E-state index contributed by atoms with van der Waals surface area (Å²) >= 11 is 0. The van der Waals surface area contributed by atoms with E-state index in [1.165, 1.54) is 12.7 Å². The van der Waals surface area contributed by atoms with Crippen molar-refractivity contribution in [3.8, 4) is 0 Å². The molecule has 2 aromatic heterocycles. The lowest BCUT2D eigenvalue weighted by Gasteiger charge is -2.17. The smallest absolute Gasteiger partial charge is 0.167 e. The quantitative estimate of drug-likeness (QED) is 0.229. The molecule has 6 atom stereocenters. The van der Waals surface area contributed by atoms with Crippen LogP contribution in [0.4, 0.5) is 5.82 Å². The lowest BCUT2D eigenvalue weighted by atomic mass is 10.1. The van der Waals surface area contributed by atoms with Crippen LogP contribution in [0.3, 0.4) is 0 Å². The number of unbranched alkanes of at least 4 members (excludes halogenated alkanes) is 1. The monoisotopic (exact) mass is 450 g/mol. The molecule has 14 heteroatoms. The van der Waals surface area contributed by atoms with Crippen molar-refractivity contribution in [3.05, 3.63) is 12.7 Å². The number of aliphatic hydroxyl groups excluding tert-OH is 2. The molecule has 28 heavy (non-hydrogen) atoms. The van der Waals surface area contributed by atoms with Gasteiger partial charge in [-0.25, -0.2) is 20.8 Å². The highest BCUT2D eigenvalue weighted by molar-refractivity contribution is 8.41. The average molecular weight is 450 g/mol. The fourth-order valence-electron chi connectivity index (χ4n) is 2.94. The Balaban J connectivity index is 1.72. The molecule has 3 heterocycles. The first-order valence-electron chi connectivity index (χ1n) is 8.70. The summed E-state index contributed by atoms with van der Waals surface area (Å²) in [5.74, 6) is 5.60. The van der Waals surface area contributed by atoms with E-state index >= 15 is 0 Å². The predicted octanol–water partition coefficient (Wildman–Crippen LogP) is 0.522. The molecule has 2 aromatic rings. The molecule has 1 saturated heterocycles. The maximum atomic E-state index is 10.5. The first-order chi connectivity index (χ1) is 13.5. The largest absolute Gasteiger partial charge is 0.387 e. The second-order valence-corrected chi connectivity index (χ2v) is 12.1. The third kappa shape index (κ3) is 5.11. The van der Waals surface area contributed by atoms with Crippen molar-refractivity contribution in [1.29, 1.82) is 0 Å². The molecular formula is C14H25N6O5P3. The van der Waals surface area contributed by atoms with Gasteiger partial charge < -0.3 is 29.6 Å². The number of imidazole rings is 1. The van der Waals surface area contributed by atoms with E-state index in [4.69, 9.17) is 15.2 Å². The number of nitrogens with zero attached hydrogens (tertiary/aromatic N) is 4. The van der Waals surface area contributed by atoms with Crippen LogP contribution in [0, 0.1) is 0 Å². The van der Waals surface area contributed by atoms with Crippen LogP contribution in [0.1, 0.15) is 19.1 Å². The molecule has 11 nitrogen and oxygen atoms in total. The van der Waals surface area contributed by atoms with Gasteiger partial charge in [0.2, 0.25) is 0 Å². The lowest BCUT2D eigenvalue weighted by molar-refractivity contribution is -0.0458. The summed E-state index contributed by atoms with van der Waals surface area (Å²) in [5, 5.41) is 24.0. The minimum absolute atomic E-state index is 0.175. The second kappa shape index (κ2) is 10.4. The molecule has 1 aliphatic heterocycles. The molecule has 0 aromatic carbocycles. The van der Waals surface area contributed by atoms with Crippen LogP contribution >= 0.6 is 25.4 Å². The lowest BCUT2D eigenvalue weighted by Crippen LogP contribution is -2.33. The minimum atomic E-state index is -1.13. The van der Waals surface area contributed by atoms with Gasteiger partial charge >= 0.3 is 0 Å². The first kappa shape index (κ1) is 22.1. The number of aromatic nitrogens is 4. The Kier molecular flexibility index (Phi) is 8.23. The summed E-state index contributed by atoms with van der Waals surface area (Å²) in [5.41, 5.74) is 1.06. The van der Waals surface area contributed by atoms with Gasteiger partial charge in [0.05, 0.1) is 27.1 Å². The fraction of sp³-hybridized carbons (Fsp3) is 0.643. The van der Waals surface area contributed by atoms with E-state index in [2.05, 4.69) is 43.0 Å². The van der Waals surface area contributed by atoms with Gasteiger partial charge in [-0.3, -0.25) is 4.57 Å². The van der Waals surface area contributed by atoms with Gasteiger partial charge in [-0.1, -0.05) is 17.9 Å². The number of aliphatic hydroxyl groups is 2. The summed E-state index contributed by atoms with van der Waals surface area (Å²) in [4.78, 5) is 17.4. The molecular weight excluding hydrogens is 425 g/mol. The van der Waals surface area contributed by atoms with Crippen LogP contribution in [-0.4, -0.2) is 67.8 Å². The summed E-state index contributed by atoms with van der Waals surface area (Å²) in [6.45, 7) is 1.35. The Morgan fingerprint density at radius 3 is 2.82 bits per heavy atom. The van der Waals surface area contributed by atoms with Crippen LogP contribution < -0.4 is 11.2 Å². The third-order valence-corrected chi connectivity index (χ3v) is 5.68. The first-order valence-corrected chi connectivity index (χ1v) is 13.2. The summed E-state index contributed by atoms with van der Waals surface area (Å²) in [6.07, 6.45) is 0.950. The number of hydrogen-bond donors (Lipinski definition) is 4. The van der Waals surface area contributed by atoms with Crippen LogP contribution in [0.5, 0.6) is 0 Å². The van der Waals surface area contributed by atoms with E-state index in [-0.39, 0.29) is 6.61 Å². The van der Waals surface area contributed by atoms with Crippen molar-refractivity contribution in [2.45, 2.75) is 37.4 Å². The Morgan fingerprint density at radius 1 is 1.25 bits per heavy atom. The van der Waals surface area contributed by atoms with Gasteiger partial charge in [0.15, 0.2) is 23.2 Å². The van der Waals surface area contributed by atoms with Crippen molar-refractivity contribution >= 4 is 42.4 Å². The number of hydrogen-bond acceptors (Lipinski definition) is 10. The van der Waals surface area contributed by atoms with E-state index in [0.29, 0.717) is 30.1 Å². The molecule has 1 fully saturated rings. The van der Waals surface area contributed by atoms with E-state index in [0.717, 1.165) is 12.8 Å². The van der Waals surface area contributed by atoms with E-state index in [1.54, 1.807) is 4.57 Å². The molecule has 6 unspecified atom stereocenters. The van der Waals surface area contributed by atoms with Crippen LogP contribution in [-0.2, 0) is 14.1 Å². The van der Waals surface area contributed by atoms with E-state index in [1.807, 2.05) is 0 Å². The van der Waals surface area contributed by atoms with Gasteiger partial charge in [0.25, 0.3) is 0 Å². The van der Waals surface area contributed by atoms with E-state index in [9.17, 15) is 10.2 Å². The maximum Gasteiger partial charge on any atom is 0.167 e.